The van der Waals surface area contributed by atoms with E-state index in [9.17, 15) is 13.2 Å². The number of hydrogen-bond acceptors (Lipinski definition) is 2. The molecule has 108 valence electrons. The molecule has 0 aromatic heterocycles. The van der Waals surface area contributed by atoms with Crippen molar-refractivity contribution in [3.8, 4) is 0 Å². The summed E-state index contributed by atoms with van der Waals surface area (Å²) in [5, 5.41) is 3.03. The molecule has 2 nitrogen and oxygen atoms in total. The summed E-state index contributed by atoms with van der Waals surface area (Å²) in [5.74, 6) is 0. The van der Waals surface area contributed by atoms with Crippen LogP contribution >= 0.6 is 0 Å². The average molecular weight is 274 g/mol. The van der Waals surface area contributed by atoms with Crippen molar-refractivity contribution in [2.24, 2.45) is 0 Å². The maximum absolute atomic E-state index is 12.5. The highest BCUT2D eigenvalue weighted by molar-refractivity contribution is 5.46. The molecule has 0 atom stereocenters. The van der Waals surface area contributed by atoms with E-state index in [0.717, 1.165) is 38.2 Å². The van der Waals surface area contributed by atoms with Crippen LogP contribution in [0, 0.1) is 0 Å². The topological polar surface area (TPSA) is 15.3 Å². The van der Waals surface area contributed by atoms with E-state index in [2.05, 4.69) is 24.1 Å². The summed E-state index contributed by atoms with van der Waals surface area (Å²) in [4.78, 5) is 2.29. The number of anilines is 1. The Morgan fingerprint density at radius 3 is 2.42 bits per heavy atom. The molecule has 1 aromatic carbocycles. The van der Waals surface area contributed by atoms with Gasteiger partial charge in [0.15, 0.2) is 0 Å². The van der Waals surface area contributed by atoms with E-state index in [4.69, 9.17) is 0 Å². The van der Waals surface area contributed by atoms with Gasteiger partial charge in [-0.25, -0.2) is 0 Å². The number of rotatable bonds is 7. The van der Waals surface area contributed by atoms with E-state index in [-0.39, 0.29) is 0 Å². The van der Waals surface area contributed by atoms with Gasteiger partial charge in [-0.1, -0.05) is 19.9 Å². The second kappa shape index (κ2) is 7.38. The SMILES string of the molecule is CCN(CC)CCCNc1cccc(C(F)(F)F)c1. The van der Waals surface area contributed by atoms with Gasteiger partial charge in [-0.15, -0.1) is 0 Å². The Bertz CT molecular complexity index is 373. The van der Waals surface area contributed by atoms with E-state index in [1.54, 1.807) is 6.07 Å². The molecule has 0 aliphatic rings. The van der Waals surface area contributed by atoms with Crippen molar-refractivity contribution >= 4 is 5.69 Å². The molecule has 0 radical (unpaired) electrons. The minimum Gasteiger partial charge on any atom is -0.385 e. The first-order valence-electron chi connectivity index (χ1n) is 6.60. The van der Waals surface area contributed by atoms with Crippen LogP contribution in [0.15, 0.2) is 24.3 Å². The first kappa shape index (κ1) is 15.8. The molecule has 0 aliphatic carbocycles. The lowest BCUT2D eigenvalue weighted by Gasteiger charge is -2.18. The monoisotopic (exact) mass is 274 g/mol. The van der Waals surface area contributed by atoms with E-state index >= 15 is 0 Å². The van der Waals surface area contributed by atoms with Crippen LogP contribution in [0.1, 0.15) is 25.8 Å². The first-order valence-corrected chi connectivity index (χ1v) is 6.60. The van der Waals surface area contributed by atoms with E-state index in [1.165, 1.54) is 6.07 Å². The van der Waals surface area contributed by atoms with Crippen LogP contribution in [0.25, 0.3) is 0 Å². The Balaban J connectivity index is 2.42. The summed E-state index contributed by atoms with van der Waals surface area (Å²) in [6, 6.07) is 5.32. The second-order valence-corrected chi connectivity index (χ2v) is 4.39. The summed E-state index contributed by atoms with van der Waals surface area (Å²) >= 11 is 0. The fraction of sp³-hybridized carbons (Fsp3) is 0.571. The van der Waals surface area contributed by atoms with Gasteiger partial charge in [0.1, 0.15) is 0 Å². The quantitative estimate of drug-likeness (QED) is 0.760. The summed E-state index contributed by atoms with van der Waals surface area (Å²) in [7, 11) is 0. The normalized spacial score (nSPS) is 11.9. The molecule has 0 heterocycles. The lowest BCUT2D eigenvalue weighted by atomic mass is 10.2. The molecule has 0 saturated heterocycles. The van der Waals surface area contributed by atoms with Crippen molar-refractivity contribution in [1.82, 2.24) is 4.90 Å². The van der Waals surface area contributed by atoms with Crippen LogP contribution in [-0.2, 0) is 6.18 Å². The molecule has 1 N–H and O–H groups in total. The number of nitrogens with zero attached hydrogens (tertiary/aromatic N) is 1. The molecule has 0 fully saturated rings. The summed E-state index contributed by atoms with van der Waals surface area (Å²) in [6.45, 7) is 7.84. The van der Waals surface area contributed by atoms with Crippen LogP contribution in [0.2, 0.25) is 0 Å². The molecule has 1 aromatic rings. The van der Waals surface area contributed by atoms with Crippen LogP contribution in [0.5, 0.6) is 0 Å². The van der Waals surface area contributed by atoms with Gasteiger partial charge >= 0.3 is 6.18 Å². The van der Waals surface area contributed by atoms with E-state index < -0.39 is 11.7 Å². The Morgan fingerprint density at radius 1 is 1.16 bits per heavy atom. The van der Waals surface area contributed by atoms with E-state index in [0.29, 0.717) is 12.2 Å². The standard InChI is InChI=1S/C14H21F3N2/c1-3-19(4-2)10-6-9-18-13-8-5-7-12(11-13)14(15,16)17/h5,7-8,11,18H,3-4,6,9-10H2,1-2H3. The van der Waals surface area contributed by atoms with Crippen molar-refractivity contribution in [2.75, 3.05) is 31.5 Å². The Hall–Kier alpha value is -1.23. The van der Waals surface area contributed by atoms with Gasteiger partial charge in [-0.3, -0.25) is 0 Å². The van der Waals surface area contributed by atoms with Crippen LogP contribution in [0.4, 0.5) is 18.9 Å². The largest absolute Gasteiger partial charge is 0.416 e. The molecule has 0 aliphatic heterocycles. The predicted molar refractivity (Wildman–Crippen MR) is 72.3 cm³/mol. The smallest absolute Gasteiger partial charge is 0.385 e. The molecular formula is C14H21F3N2. The van der Waals surface area contributed by atoms with Gasteiger partial charge in [0.2, 0.25) is 0 Å². The number of benzene rings is 1. The minimum absolute atomic E-state index is 0.523. The third kappa shape index (κ3) is 5.51. The fourth-order valence-corrected chi connectivity index (χ4v) is 1.88. The first-order chi connectivity index (χ1) is 8.97. The van der Waals surface area contributed by atoms with Crippen molar-refractivity contribution in [3.05, 3.63) is 29.8 Å². The molecule has 0 bridgehead atoms. The molecule has 5 heteroatoms. The van der Waals surface area contributed by atoms with Crippen molar-refractivity contribution in [1.29, 1.82) is 0 Å². The summed E-state index contributed by atoms with van der Waals surface area (Å²) in [6.07, 6.45) is -3.36. The molecule has 0 unspecified atom stereocenters. The van der Waals surface area contributed by atoms with Crippen molar-refractivity contribution < 1.29 is 13.2 Å². The molecular weight excluding hydrogens is 253 g/mol. The Kier molecular flexibility index (Phi) is 6.15. The summed E-state index contributed by atoms with van der Waals surface area (Å²) < 4.78 is 37.6. The third-order valence-electron chi connectivity index (χ3n) is 3.06. The van der Waals surface area contributed by atoms with Gasteiger partial charge in [0, 0.05) is 12.2 Å². The molecule has 0 amide bonds. The number of alkyl halides is 3. The van der Waals surface area contributed by atoms with Crippen LogP contribution < -0.4 is 5.32 Å². The lowest BCUT2D eigenvalue weighted by Crippen LogP contribution is -2.25. The number of halogens is 3. The third-order valence-corrected chi connectivity index (χ3v) is 3.06. The van der Waals surface area contributed by atoms with Gasteiger partial charge in [-0.2, -0.15) is 13.2 Å². The Morgan fingerprint density at radius 2 is 1.84 bits per heavy atom. The number of hydrogen-bond donors (Lipinski definition) is 1. The zero-order chi connectivity index (χ0) is 14.3. The van der Waals surface area contributed by atoms with Crippen LogP contribution in [0.3, 0.4) is 0 Å². The minimum atomic E-state index is -4.28. The highest BCUT2D eigenvalue weighted by Gasteiger charge is 2.30. The van der Waals surface area contributed by atoms with E-state index in [1.807, 2.05) is 0 Å². The van der Waals surface area contributed by atoms with Gasteiger partial charge in [0.25, 0.3) is 0 Å². The van der Waals surface area contributed by atoms with Crippen LogP contribution in [-0.4, -0.2) is 31.1 Å². The molecule has 0 saturated carbocycles. The molecule has 0 spiro atoms. The maximum Gasteiger partial charge on any atom is 0.416 e. The highest BCUT2D eigenvalue weighted by atomic mass is 19.4. The van der Waals surface area contributed by atoms with Crippen molar-refractivity contribution in [2.45, 2.75) is 26.4 Å². The molecule has 1 rings (SSSR count). The molecule has 19 heavy (non-hydrogen) atoms. The fourth-order valence-electron chi connectivity index (χ4n) is 1.88. The highest BCUT2D eigenvalue weighted by Crippen LogP contribution is 2.30. The zero-order valence-corrected chi connectivity index (χ0v) is 11.4. The van der Waals surface area contributed by atoms with Gasteiger partial charge < -0.3 is 10.2 Å². The zero-order valence-electron chi connectivity index (χ0n) is 11.4. The second-order valence-electron chi connectivity index (χ2n) is 4.39. The maximum atomic E-state index is 12.5. The Labute approximate surface area is 112 Å². The lowest BCUT2D eigenvalue weighted by molar-refractivity contribution is -0.137. The van der Waals surface area contributed by atoms with Gasteiger partial charge in [0.05, 0.1) is 5.56 Å². The predicted octanol–water partition coefficient (Wildman–Crippen LogP) is 3.85. The number of nitrogens with one attached hydrogen (secondary N) is 1. The van der Waals surface area contributed by atoms with Crippen molar-refractivity contribution in [3.63, 3.8) is 0 Å². The van der Waals surface area contributed by atoms with Gasteiger partial charge in [-0.05, 0) is 44.3 Å². The summed E-state index contributed by atoms with van der Waals surface area (Å²) in [5.41, 5.74) is -0.0874. The average Bonchev–Trinajstić information content (AvgIpc) is 2.38.